The lowest BCUT2D eigenvalue weighted by Gasteiger charge is -2.22. The fourth-order valence-electron chi connectivity index (χ4n) is 2.72. The Kier molecular flexibility index (Phi) is 8.21. The molecule has 3 rings (SSSR count). The van der Waals surface area contributed by atoms with E-state index >= 15 is 0 Å². The highest BCUT2D eigenvalue weighted by molar-refractivity contribution is 9.10. The zero-order chi connectivity index (χ0) is 22.2. The Balaban J connectivity index is 1.60. The fourth-order valence-corrected chi connectivity index (χ4v) is 3.75. The van der Waals surface area contributed by atoms with Crippen LogP contribution in [0.25, 0.3) is 10.6 Å². The summed E-state index contributed by atoms with van der Waals surface area (Å²) in [5.41, 5.74) is 0.852. The maximum atomic E-state index is 14.0. The largest absolute Gasteiger partial charge is 0.383 e. The Labute approximate surface area is 191 Å². The van der Waals surface area contributed by atoms with Gasteiger partial charge in [-0.05, 0) is 24.3 Å². The molecule has 0 aliphatic rings. The molecule has 2 amide bonds. The first-order chi connectivity index (χ1) is 15.0. The number of halogens is 2. The van der Waals surface area contributed by atoms with Crippen molar-refractivity contribution in [3.8, 4) is 10.6 Å². The molecule has 162 valence electrons. The minimum atomic E-state index is -0.603. The standard InChI is InChI=1S/C21H20BrFN4O3S/c1-30-13-12-27(20(29)16-4-2-3-5-17(16)23)11-10-18(28)24-21-26-25-19(31-21)14-6-8-15(22)9-7-14/h2-9H,10-13H2,1H3,(H,24,26,28). The third kappa shape index (κ3) is 6.39. The molecule has 0 aliphatic carbocycles. The monoisotopic (exact) mass is 506 g/mol. The van der Waals surface area contributed by atoms with Gasteiger partial charge in [0.1, 0.15) is 10.8 Å². The van der Waals surface area contributed by atoms with Gasteiger partial charge < -0.3 is 15.0 Å². The molecule has 10 heteroatoms. The second-order valence-electron chi connectivity index (χ2n) is 6.48. The predicted octanol–water partition coefficient (Wildman–Crippen LogP) is 4.22. The summed E-state index contributed by atoms with van der Waals surface area (Å²) in [5, 5.41) is 11.8. The Bertz CT molecular complexity index is 1050. The van der Waals surface area contributed by atoms with E-state index in [1.165, 1.54) is 41.5 Å². The van der Waals surface area contributed by atoms with Crippen molar-refractivity contribution >= 4 is 44.2 Å². The summed E-state index contributed by atoms with van der Waals surface area (Å²) in [7, 11) is 1.51. The summed E-state index contributed by atoms with van der Waals surface area (Å²) in [6.07, 6.45) is 0.0249. The van der Waals surface area contributed by atoms with Gasteiger partial charge in [-0.3, -0.25) is 9.59 Å². The molecule has 2 aromatic carbocycles. The molecule has 31 heavy (non-hydrogen) atoms. The number of nitrogens with zero attached hydrogens (tertiary/aromatic N) is 3. The van der Waals surface area contributed by atoms with Gasteiger partial charge in [0, 0.05) is 36.7 Å². The Hall–Kier alpha value is -2.69. The fraction of sp³-hybridized carbons (Fsp3) is 0.238. The molecule has 0 fully saturated rings. The van der Waals surface area contributed by atoms with E-state index < -0.39 is 11.7 Å². The van der Waals surface area contributed by atoms with Crippen LogP contribution in [0.15, 0.2) is 53.0 Å². The maximum absolute atomic E-state index is 14.0. The predicted molar refractivity (Wildman–Crippen MR) is 120 cm³/mol. The van der Waals surface area contributed by atoms with Crippen molar-refractivity contribution in [3.63, 3.8) is 0 Å². The molecule has 1 N–H and O–H groups in total. The minimum absolute atomic E-state index is 0.0249. The van der Waals surface area contributed by atoms with Crippen molar-refractivity contribution < 1.29 is 18.7 Å². The number of aromatic nitrogens is 2. The van der Waals surface area contributed by atoms with Gasteiger partial charge in [-0.1, -0.05) is 51.5 Å². The number of rotatable bonds is 9. The van der Waals surface area contributed by atoms with Gasteiger partial charge in [0.05, 0.1) is 12.2 Å². The van der Waals surface area contributed by atoms with E-state index in [9.17, 15) is 14.0 Å². The van der Waals surface area contributed by atoms with E-state index in [2.05, 4.69) is 31.4 Å². The molecule has 0 spiro atoms. The van der Waals surface area contributed by atoms with Crippen LogP contribution in [0.2, 0.25) is 0 Å². The molecule has 7 nitrogen and oxygen atoms in total. The Morgan fingerprint density at radius 1 is 1.13 bits per heavy atom. The molecule has 1 heterocycles. The lowest BCUT2D eigenvalue weighted by atomic mass is 10.1. The number of hydrogen-bond acceptors (Lipinski definition) is 6. The molecule has 0 atom stereocenters. The molecular formula is C21H20BrFN4O3S. The van der Waals surface area contributed by atoms with E-state index in [0.717, 1.165) is 10.0 Å². The number of amides is 2. The average molecular weight is 507 g/mol. The van der Waals surface area contributed by atoms with Crippen molar-refractivity contribution in [2.75, 3.05) is 32.1 Å². The van der Waals surface area contributed by atoms with E-state index in [1.807, 2.05) is 24.3 Å². The maximum Gasteiger partial charge on any atom is 0.256 e. The summed E-state index contributed by atoms with van der Waals surface area (Å²) in [6.45, 7) is 0.624. The molecule has 0 bridgehead atoms. The highest BCUT2D eigenvalue weighted by atomic mass is 79.9. The van der Waals surface area contributed by atoms with Crippen molar-refractivity contribution in [2.24, 2.45) is 0 Å². The van der Waals surface area contributed by atoms with Crippen molar-refractivity contribution in [3.05, 3.63) is 64.4 Å². The highest BCUT2D eigenvalue weighted by Crippen LogP contribution is 2.27. The third-order valence-corrected chi connectivity index (χ3v) is 5.74. The number of nitrogens with one attached hydrogen (secondary N) is 1. The van der Waals surface area contributed by atoms with Crippen LogP contribution >= 0.6 is 27.3 Å². The summed E-state index contributed by atoms with van der Waals surface area (Å²) in [5.74, 6) is -1.41. The van der Waals surface area contributed by atoms with Crippen LogP contribution in [0.3, 0.4) is 0 Å². The van der Waals surface area contributed by atoms with Crippen LogP contribution in [0.5, 0.6) is 0 Å². The summed E-state index contributed by atoms with van der Waals surface area (Å²) < 4.78 is 20.0. The second kappa shape index (κ2) is 11.1. The van der Waals surface area contributed by atoms with E-state index in [0.29, 0.717) is 10.1 Å². The van der Waals surface area contributed by atoms with Crippen LogP contribution in [-0.2, 0) is 9.53 Å². The number of hydrogen-bond donors (Lipinski definition) is 1. The van der Waals surface area contributed by atoms with E-state index in [-0.39, 0.29) is 37.6 Å². The number of benzene rings is 2. The molecule has 0 aliphatic heterocycles. The summed E-state index contributed by atoms with van der Waals surface area (Å²) in [6, 6.07) is 13.4. The quantitative estimate of drug-likeness (QED) is 0.469. The number of anilines is 1. The first kappa shape index (κ1) is 23.0. The molecule has 1 aromatic heterocycles. The second-order valence-corrected chi connectivity index (χ2v) is 8.38. The molecule has 0 saturated heterocycles. The van der Waals surface area contributed by atoms with Crippen molar-refractivity contribution in [1.82, 2.24) is 15.1 Å². The Morgan fingerprint density at radius 2 is 1.87 bits per heavy atom. The molecule has 0 unspecified atom stereocenters. The normalized spacial score (nSPS) is 10.7. The van der Waals surface area contributed by atoms with Crippen molar-refractivity contribution in [1.29, 1.82) is 0 Å². The smallest absolute Gasteiger partial charge is 0.256 e. The number of ether oxygens (including phenoxy) is 1. The minimum Gasteiger partial charge on any atom is -0.383 e. The van der Waals surface area contributed by atoms with Crippen LogP contribution in [0, 0.1) is 5.82 Å². The van der Waals surface area contributed by atoms with Gasteiger partial charge in [0.2, 0.25) is 11.0 Å². The number of methoxy groups -OCH3 is 1. The zero-order valence-electron chi connectivity index (χ0n) is 16.7. The highest BCUT2D eigenvalue weighted by Gasteiger charge is 2.20. The topological polar surface area (TPSA) is 84.4 Å². The lowest BCUT2D eigenvalue weighted by molar-refractivity contribution is -0.116. The zero-order valence-corrected chi connectivity index (χ0v) is 19.1. The molecule has 0 radical (unpaired) electrons. The van der Waals surface area contributed by atoms with Gasteiger partial charge in [-0.25, -0.2) is 4.39 Å². The third-order valence-electron chi connectivity index (χ3n) is 4.33. The first-order valence-corrected chi connectivity index (χ1v) is 11.0. The SMILES string of the molecule is COCCN(CCC(=O)Nc1nnc(-c2ccc(Br)cc2)s1)C(=O)c1ccccc1F. The number of carbonyl (C=O) groups is 2. The summed E-state index contributed by atoms with van der Waals surface area (Å²) in [4.78, 5) is 26.5. The van der Waals surface area contributed by atoms with E-state index in [1.54, 1.807) is 6.07 Å². The molecular weight excluding hydrogens is 487 g/mol. The average Bonchev–Trinajstić information content (AvgIpc) is 3.22. The summed E-state index contributed by atoms with van der Waals surface area (Å²) >= 11 is 4.64. The van der Waals surface area contributed by atoms with Crippen LogP contribution in [0.1, 0.15) is 16.8 Å². The van der Waals surface area contributed by atoms with Gasteiger partial charge in [0.25, 0.3) is 5.91 Å². The van der Waals surface area contributed by atoms with Gasteiger partial charge in [-0.2, -0.15) is 0 Å². The Morgan fingerprint density at radius 3 is 2.58 bits per heavy atom. The van der Waals surface area contributed by atoms with Crippen molar-refractivity contribution in [2.45, 2.75) is 6.42 Å². The van der Waals surface area contributed by atoms with Gasteiger partial charge in [0.15, 0.2) is 0 Å². The lowest BCUT2D eigenvalue weighted by Crippen LogP contribution is -2.36. The number of carbonyl (C=O) groups excluding carboxylic acids is 2. The van der Waals surface area contributed by atoms with Gasteiger partial charge in [-0.15, -0.1) is 10.2 Å². The molecule has 3 aromatic rings. The van der Waals surface area contributed by atoms with Crippen LogP contribution < -0.4 is 5.32 Å². The van der Waals surface area contributed by atoms with Crippen LogP contribution in [-0.4, -0.2) is 53.7 Å². The molecule has 0 saturated carbocycles. The van der Waals surface area contributed by atoms with Gasteiger partial charge >= 0.3 is 0 Å². The first-order valence-electron chi connectivity index (χ1n) is 9.40. The van der Waals surface area contributed by atoms with Crippen LogP contribution in [0.4, 0.5) is 9.52 Å². The van der Waals surface area contributed by atoms with E-state index in [4.69, 9.17) is 4.74 Å².